The zero-order valence-electron chi connectivity index (χ0n) is 10.7. The van der Waals surface area contributed by atoms with Crippen molar-refractivity contribution < 1.29 is 4.79 Å². The van der Waals surface area contributed by atoms with Crippen molar-refractivity contribution >= 4 is 45.0 Å². The maximum Gasteiger partial charge on any atom is 0.225 e. The third kappa shape index (κ3) is 4.54. The Labute approximate surface area is 130 Å². The van der Waals surface area contributed by atoms with Gasteiger partial charge in [-0.1, -0.05) is 12.1 Å². The number of carbonyl (C=O) groups is 1. The number of carbonyl (C=O) groups excluding carboxylic acids is 1. The molecule has 1 aromatic heterocycles. The van der Waals surface area contributed by atoms with E-state index in [1.807, 2.05) is 24.3 Å². The lowest BCUT2D eigenvalue weighted by Gasteiger charge is -2.07. The molecule has 1 heterocycles. The molecule has 2 rings (SSSR count). The van der Waals surface area contributed by atoms with Crippen LogP contribution >= 0.6 is 27.7 Å². The molecule has 4 nitrogen and oxygen atoms in total. The van der Waals surface area contributed by atoms with Crippen LogP contribution in [0, 0.1) is 0 Å². The second kappa shape index (κ2) is 7.31. The predicted octanol–water partition coefficient (Wildman–Crippen LogP) is 3.55. The molecule has 0 aliphatic carbocycles. The Bertz CT molecular complexity index is 589. The zero-order chi connectivity index (χ0) is 14.4. The van der Waals surface area contributed by atoms with Crippen molar-refractivity contribution in [2.45, 2.75) is 11.4 Å². The van der Waals surface area contributed by atoms with Gasteiger partial charge in [0.2, 0.25) is 5.91 Å². The van der Waals surface area contributed by atoms with Crippen LogP contribution in [0.3, 0.4) is 0 Å². The first kappa shape index (κ1) is 14.9. The molecule has 20 heavy (non-hydrogen) atoms. The highest BCUT2D eigenvalue weighted by atomic mass is 79.9. The van der Waals surface area contributed by atoms with Gasteiger partial charge in [-0.2, -0.15) is 0 Å². The normalized spacial score (nSPS) is 10.2. The Kier molecular flexibility index (Phi) is 5.43. The summed E-state index contributed by atoms with van der Waals surface area (Å²) < 4.78 is 0.944. The lowest BCUT2D eigenvalue weighted by Crippen LogP contribution is -2.13. The van der Waals surface area contributed by atoms with E-state index in [0.717, 1.165) is 9.50 Å². The summed E-state index contributed by atoms with van der Waals surface area (Å²) in [6.07, 6.45) is 2.16. The van der Waals surface area contributed by atoms with Crippen molar-refractivity contribution in [3.8, 4) is 0 Å². The Hall–Kier alpha value is -1.53. The minimum atomic E-state index is -0.0486. The number of rotatable bonds is 5. The van der Waals surface area contributed by atoms with Gasteiger partial charge in [-0.15, -0.1) is 11.8 Å². The van der Waals surface area contributed by atoms with Crippen molar-refractivity contribution in [1.82, 2.24) is 4.98 Å². The average molecular weight is 352 g/mol. The molecule has 0 bridgehead atoms. The van der Waals surface area contributed by atoms with Crippen LogP contribution in [0.1, 0.15) is 6.42 Å². The third-order valence-electron chi connectivity index (χ3n) is 2.51. The molecule has 104 valence electrons. The number of amides is 1. The summed E-state index contributed by atoms with van der Waals surface area (Å²) >= 11 is 4.88. The maximum atomic E-state index is 11.8. The van der Waals surface area contributed by atoms with Gasteiger partial charge in [0.1, 0.15) is 0 Å². The molecule has 0 aliphatic rings. The van der Waals surface area contributed by atoms with Crippen molar-refractivity contribution in [3.05, 3.63) is 47.1 Å². The van der Waals surface area contributed by atoms with E-state index < -0.39 is 0 Å². The molecule has 0 spiro atoms. The number of hydrogen-bond donors (Lipinski definition) is 2. The molecule has 0 saturated carbocycles. The Balaban J connectivity index is 1.78. The summed E-state index contributed by atoms with van der Waals surface area (Å²) in [4.78, 5) is 16.0. The molecule has 1 aromatic carbocycles. The van der Waals surface area contributed by atoms with E-state index in [-0.39, 0.29) is 5.91 Å². The lowest BCUT2D eigenvalue weighted by atomic mass is 10.2. The molecule has 2 aromatic rings. The van der Waals surface area contributed by atoms with Gasteiger partial charge in [0.25, 0.3) is 0 Å². The Morgan fingerprint density at radius 3 is 2.80 bits per heavy atom. The highest BCUT2D eigenvalue weighted by Gasteiger charge is 2.05. The topological polar surface area (TPSA) is 68.0 Å². The van der Waals surface area contributed by atoms with Crippen molar-refractivity contribution in [2.75, 3.05) is 16.8 Å². The minimum absolute atomic E-state index is 0.0486. The van der Waals surface area contributed by atoms with Gasteiger partial charge < -0.3 is 11.1 Å². The first-order valence-corrected chi connectivity index (χ1v) is 7.82. The number of hydrogen-bond acceptors (Lipinski definition) is 4. The minimum Gasteiger partial charge on any atom is -0.397 e. The van der Waals surface area contributed by atoms with Crippen LogP contribution in [0.15, 0.2) is 52.1 Å². The summed E-state index contributed by atoms with van der Waals surface area (Å²) in [6.45, 7) is 0. The maximum absolute atomic E-state index is 11.8. The number of para-hydroxylation sites is 2. The molecule has 0 atom stereocenters. The number of pyridine rings is 1. The smallest absolute Gasteiger partial charge is 0.225 e. The van der Waals surface area contributed by atoms with Gasteiger partial charge >= 0.3 is 0 Å². The van der Waals surface area contributed by atoms with Crippen molar-refractivity contribution in [3.63, 3.8) is 0 Å². The van der Waals surface area contributed by atoms with Crippen LogP contribution < -0.4 is 11.1 Å². The molecule has 0 aliphatic heterocycles. The van der Waals surface area contributed by atoms with E-state index in [4.69, 9.17) is 5.73 Å². The number of nitrogens with one attached hydrogen (secondary N) is 1. The molecule has 0 saturated heterocycles. The highest BCUT2D eigenvalue weighted by Crippen LogP contribution is 2.20. The largest absolute Gasteiger partial charge is 0.397 e. The third-order valence-corrected chi connectivity index (χ3v) is 3.93. The van der Waals surface area contributed by atoms with Gasteiger partial charge in [-0.25, -0.2) is 4.98 Å². The monoisotopic (exact) mass is 351 g/mol. The standard InChI is InChI=1S/C14H14BrN3OS/c15-10-5-6-14(17-9-10)20-8-7-13(19)18-12-4-2-1-3-11(12)16/h1-6,9H,7-8,16H2,(H,18,19). The van der Waals surface area contributed by atoms with Crippen LogP contribution in [0.25, 0.3) is 0 Å². The van der Waals surface area contributed by atoms with E-state index in [1.165, 1.54) is 0 Å². The number of thioether (sulfide) groups is 1. The van der Waals surface area contributed by atoms with Gasteiger partial charge in [0, 0.05) is 22.8 Å². The molecule has 6 heteroatoms. The van der Waals surface area contributed by atoms with Crippen molar-refractivity contribution in [2.24, 2.45) is 0 Å². The Morgan fingerprint density at radius 2 is 2.10 bits per heavy atom. The quantitative estimate of drug-likeness (QED) is 0.638. The van der Waals surface area contributed by atoms with E-state index in [1.54, 1.807) is 30.1 Å². The number of halogens is 1. The van der Waals surface area contributed by atoms with Crippen molar-refractivity contribution in [1.29, 1.82) is 0 Å². The molecular formula is C14H14BrN3OS. The SMILES string of the molecule is Nc1ccccc1NC(=O)CCSc1ccc(Br)cn1. The average Bonchev–Trinajstić information content (AvgIpc) is 2.44. The number of nitrogens with two attached hydrogens (primary N) is 1. The van der Waals surface area contributed by atoms with E-state index in [0.29, 0.717) is 23.5 Å². The molecule has 0 radical (unpaired) electrons. The van der Waals surface area contributed by atoms with Crippen LogP contribution in [-0.4, -0.2) is 16.6 Å². The molecule has 0 unspecified atom stereocenters. The number of aromatic nitrogens is 1. The number of anilines is 2. The Morgan fingerprint density at radius 1 is 1.30 bits per heavy atom. The van der Waals surface area contributed by atoms with Crippen LogP contribution in [-0.2, 0) is 4.79 Å². The number of nitrogen functional groups attached to an aromatic ring is 1. The predicted molar refractivity (Wildman–Crippen MR) is 86.8 cm³/mol. The van der Waals surface area contributed by atoms with Crippen LogP contribution in [0.2, 0.25) is 0 Å². The zero-order valence-corrected chi connectivity index (χ0v) is 13.1. The summed E-state index contributed by atoms with van der Waals surface area (Å²) in [5.74, 6) is 0.625. The number of benzene rings is 1. The summed E-state index contributed by atoms with van der Waals surface area (Å²) in [7, 11) is 0. The van der Waals surface area contributed by atoms with E-state index >= 15 is 0 Å². The molecular weight excluding hydrogens is 338 g/mol. The first-order valence-electron chi connectivity index (χ1n) is 6.04. The molecule has 0 fully saturated rings. The fourth-order valence-corrected chi connectivity index (χ4v) is 2.54. The lowest BCUT2D eigenvalue weighted by molar-refractivity contribution is -0.115. The second-order valence-electron chi connectivity index (χ2n) is 4.05. The highest BCUT2D eigenvalue weighted by molar-refractivity contribution is 9.10. The van der Waals surface area contributed by atoms with E-state index in [9.17, 15) is 4.79 Å². The van der Waals surface area contributed by atoms with Crippen LogP contribution in [0.5, 0.6) is 0 Å². The van der Waals surface area contributed by atoms with Gasteiger partial charge in [-0.05, 0) is 40.2 Å². The van der Waals surface area contributed by atoms with Gasteiger partial charge in [0.05, 0.1) is 16.4 Å². The summed E-state index contributed by atoms with van der Waals surface area (Å²) in [5, 5.41) is 3.70. The summed E-state index contributed by atoms with van der Waals surface area (Å²) in [5.41, 5.74) is 7.00. The first-order chi connectivity index (χ1) is 9.65. The molecule has 3 N–H and O–H groups in total. The number of nitrogens with zero attached hydrogens (tertiary/aromatic N) is 1. The van der Waals surface area contributed by atoms with Gasteiger partial charge in [-0.3, -0.25) is 4.79 Å². The summed E-state index contributed by atoms with van der Waals surface area (Å²) in [6, 6.07) is 11.1. The second-order valence-corrected chi connectivity index (χ2v) is 6.08. The van der Waals surface area contributed by atoms with E-state index in [2.05, 4.69) is 26.2 Å². The van der Waals surface area contributed by atoms with Crippen LogP contribution in [0.4, 0.5) is 11.4 Å². The van der Waals surface area contributed by atoms with Gasteiger partial charge in [0.15, 0.2) is 0 Å². The fourth-order valence-electron chi connectivity index (χ4n) is 1.52. The fraction of sp³-hybridized carbons (Fsp3) is 0.143. The molecule has 1 amide bonds.